The summed E-state index contributed by atoms with van der Waals surface area (Å²) >= 11 is 4.24. The third kappa shape index (κ3) is 2.73. The van der Waals surface area contributed by atoms with Crippen molar-refractivity contribution in [2.75, 3.05) is 6.26 Å². The number of aromatic nitrogens is 2. The number of rotatable bonds is 3. The van der Waals surface area contributed by atoms with E-state index in [0.29, 0.717) is 16.6 Å². The highest BCUT2D eigenvalue weighted by Gasteiger charge is 2.29. The van der Waals surface area contributed by atoms with E-state index >= 15 is 0 Å². The van der Waals surface area contributed by atoms with Gasteiger partial charge in [-0.1, -0.05) is 16.9 Å². The summed E-state index contributed by atoms with van der Waals surface area (Å²) in [4.78, 5) is 8.57. The summed E-state index contributed by atoms with van der Waals surface area (Å²) < 4.78 is 23.8. The van der Waals surface area contributed by atoms with Crippen molar-refractivity contribution in [2.45, 2.75) is 23.5 Å². The van der Waals surface area contributed by atoms with Gasteiger partial charge in [-0.2, -0.15) is 0 Å². The molecule has 102 valence electrons. The summed E-state index contributed by atoms with van der Waals surface area (Å²) in [5.41, 5.74) is 1.69. The first-order chi connectivity index (χ1) is 8.77. The molecule has 1 aromatic carbocycles. The van der Waals surface area contributed by atoms with Crippen LogP contribution in [-0.2, 0) is 14.6 Å². The average Bonchev–Trinajstić information content (AvgIpc) is 2.36. The molecule has 0 saturated heterocycles. The molecule has 0 atom stereocenters. The van der Waals surface area contributed by atoms with Crippen LogP contribution in [0.15, 0.2) is 29.4 Å². The third-order valence-corrected chi connectivity index (χ3v) is 6.04. The molecule has 0 aliphatic carbocycles. The van der Waals surface area contributed by atoms with Crippen LogP contribution in [0.5, 0.6) is 0 Å². The van der Waals surface area contributed by atoms with E-state index in [1.807, 2.05) is 13.8 Å². The Bertz CT molecular complexity index is 727. The first-order valence-corrected chi connectivity index (χ1v) is 9.30. The van der Waals surface area contributed by atoms with E-state index in [1.165, 1.54) is 23.2 Å². The van der Waals surface area contributed by atoms with E-state index in [2.05, 4.69) is 21.6 Å². The lowest BCUT2D eigenvalue weighted by atomic mass is 10.0. The molecule has 0 radical (unpaired) electrons. The van der Waals surface area contributed by atoms with Crippen molar-refractivity contribution < 1.29 is 8.42 Å². The summed E-state index contributed by atoms with van der Waals surface area (Å²) in [6.45, 7) is 3.85. The maximum absolute atomic E-state index is 12.1. The number of hydrogen-bond donors (Lipinski definition) is 1. The molecule has 0 saturated carbocycles. The predicted octanol–water partition coefficient (Wildman–Crippen LogP) is 2.85. The molecule has 1 heterocycles. The van der Waals surface area contributed by atoms with E-state index in [-0.39, 0.29) is 4.90 Å². The van der Waals surface area contributed by atoms with E-state index in [0.717, 1.165) is 0 Å². The second kappa shape index (κ2) is 4.96. The zero-order valence-electron chi connectivity index (χ0n) is 10.8. The van der Waals surface area contributed by atoms with Crippen molar-refractivity contribution in [2.24, 2.45) is 0 Å². The molecule has 19 heavy (non-hydrogen) atoms. The maximum Gasteiger partial charge on any atom is 0.178 e. The monoisotopic (exact) mass is 314 g/mol. The van der Waals surface area contributed by atoms with Crippen LogP contribution in [0.4, 0.5) is 0 Å². The molecular weight excluding hydrogens is 300 g/mol. The molecule has 0 bridgehead atoms. The number of fused-ring (bicyclic) bond motifs is 1. The van der Waals surface area contributed by atoms with Gasteiger partial charge in [-0.25, -0.2) is 8.42 Å². The Kier molecular flexibility index (Phi) is 3.81. The summed E-state index contributed by atoms with van der Waals surface area (Å²) in [6.07, 6.45) is 4.24. The van der Waals surface area contributed by atoms with Gasteiger partial charge in [-0.3, -0.25) is 9.97 Å². The lowest BCUT2D eigenvalue weighted by Gasteiger charge is -2.24. The SMILES string of the molecule is CC(C)(SS)c1ccc2nccnc2c1S(C)(=O)=O. The number of sulfone groups is 1. The summed E-state index contributed by atoms with van der Waals surface area (Å²) in [5.74, 6) is 0. The second-order valence-electron chi connectivity index (χ2n) is 4.74. The Hall–Kier alpha value is -0.790. The minimum atomic E-state index is -3.40. The molecule has 2 aromatic rings. The van der Waals surface area contributed by atoms with Crippen LogP contribution in [0.3, 0.4) is 0 Å². The molecule has 7 heteroatoms. The Morgan fingerprint density at radius 3 is 2.42 bits per heavy atom. The van der Waals surface area contributed by atoms with Crippen LogP contribution in [0.1, 0.15) is 19.4 Å². The van der Waals surface area contributed by atoms with Gasteiger partial charge >= 0.3 is 0 Å². The zero-order valence-corrected chi connectivity index (χ0v) is 13.3. The molecule has 4 nitrogen and oxygen atoms in total. The minimum Gasteiger partial charge on any atom is -0.253 e. The van der Waals surface area contributed by atoms with Crippen LogP contribution in [-0.4, -0.2) is 24.6 Å². The highest BCUT2D eigenvalue weighted by Crippen LogP contribution is 2.42. The maximum atomic E-state index is 12.1. The molecule has 0 N–H and O–H groups in total. The van der Waals surface area contributed by atoms with Gasteiger partial charge in [0.1, 0.15) is 5.52 Å². The summed E-state index contributed by atoms with van der Waals surface area (Å²) in [5, 5.41) is 0. The van der Waals surface area contributed by atoms with Crippen molar-refractivity contribution in [3.05, 3.63) is 30.1 Å². The number of benzene rings is 1. The van der Waals surface area contributed by atoms with Gasteiger partial charge in [-0.15, -0.1) is 11.7 Å². The normalized spacial score (nSPS) is 12.8. The third-order valence-electron chi connectivity index (χ3n) is 2.84. The molecule has 0 aliphatic heterocycles. The highest BCUT2D eigenvalue weighted by molar-refractivity contribution is 8.69. The molecule has 0 amide bonds. The average molecular weight is 314 g/mol. The van der Waals surface area contributed by atoms with Gasteiger partial charge in [0.2, 0.25) is 0 Å². The Labute approximate surface area is 121 Å². The van der Waals surface area contributed by atoms with Crippen molar-refractivity contribution in [3.8, 4) is 0 Å². The quantitative estimate of drug-likeness (QED) is 0.697. The predicted molar refractivity (Wildman–Crippen MR) is 82.3 cm³/mol. The van der Waals surface area contributed by atoms with Gasteiger partial charge in [0, 0.05) is 23.4 Å². The van der Waals surface area contributed by atoms with Crippen molar-refractivity contribution in [1.82, 2.24) is 9.97 Å². The Balaban J connectivity index is 2.94. The molecule has 2 rings (SSSR count). The molecule has 1 aromatic heterocycles. The minimum absolute atomic E-state index is 0.240. The lowest BCUT2D eigenvalue weighted by molar-refractivity contribution is 0.599. The highest BCUT2D eigenvalue weighted by atomic mass is 33.1. The van der Waals surface area contributed by atoms with Gasteiger partial charge in [0.15, 0.2) is 9.84 Å². The largest absolute Gasteiger partial charge is 0.253 e. The molecule has 0 fully saturated rings. The van der Waals surface area contributed by atoms with Crippen molar-refractivity contribution in [3.63, 3.8) is 0 Å². The van der Waals surface area contributed by atoms with Crippen LogP contribution in [0.25, 0.3) is 11.0 Å². The molecule has 0 aliphatic rings. The van der Waals surface area contributed by atoms with Crippen LogP contribution in [0, 0.1) is 0 Å². The summed E-state index contributed by atoms with van der Waals surface area (Å²) in [6, 6.07) is 3.58. The standard InChI is InChI=1S/C12H14N2O2S3/c1-12(2,18-17)8-4-5-9-10(14-7-6-13-9)11(8)19(3,15)16/h4-7,17H,1-3H3. The van der Waals surface area contributed by atoms with Gasteiger partial charge in [0.05, 0.1) is 10.4 Å². The Morgan fingerprint density at radius 2 is 1.84 bits per heavy atom. The van der Waals surface area contributed by atoms with E-state index < -0.39 is 14.6 Å². The fourth-order valence-electron chi connectivity index (χ4n) is 1.91. The summed E-state index contributed by atoms with van der Waals surface area (Å²) in [7, 11) is -2.10. The van der Waals surface area contributed by atoms with Crippen LogP contribution in [0.2, 0.25) is 0 Å². The smallest absolute Gasteiger partial charge is 0.178 e. The second-order valence-corrected chi connectivity index (χ2v) is 8.44. The molecule has 0 spiro atoms. The van der Waals surface area contributed by atoms with Crippen LogP contribution < -0.4 is 0 Å². The number of thiol groups is 1. The van der Waals surface area contributed by atoms with E-state index in [1.54, 1.807) is 18.3 Å². The number of hydrogen-bond acceptors (Lipinski definition) is 6. The van der Waals surface area contributed by atoms with Gasteiger partial charge in [-0.05, 0) is 25.5 Å². The first-order valence-electron chi connectivity index (χ1n) is 5.54. The van der Waals surface area contributed by atoms with Gasteiger partial charge < -0.3 is 0 Å². The fourth-order valence-corrected chi connectivity index (χ4v) is 3.77. The van der Waals surface area contributed by atoms with Crippen LogP contribution >= 0.6 is 22.5 Å². The van der Waals surface area contributed by atoms with Crippen molar-refractivity contribution in [1.29, 1.82) is 0 Å². The molecule has 0 unspecified atom stereocenters. The fraction of sp³-hybridized carbons (Fsp3) is 0.333. The first kappa shape index (κ1) is 14.6. The Morgan fingerprint density at radius 1 is 1.21 bits per heavy atom. The van der Waals surface area contributed by atoms with E-state index in [4.69, 9.17) is 0 Å². The van der Waals surface area contributed by atoms with E-state index in [9.17, 15) is 8.42 Å². The van der Waals surface area contributed by atoms with Gasteiger partial charge in [0.25, 0.3) is 0 Å². The number of nitrogens with zero attached hydrogens (tertiary/aromatic N) is 2. The molecular formula is C12H14N2O2S3. The zero-order chi connectivity index (χ0) is 14.3. The topological polar surface area (TPSA) is 59.9 Å². The lowest BCUT2D eigenvalue weighted by Crippen LogP contribution is -2.16. The van der Waals surface area contributed by atoms with Crippen molar-refractivity contribution >= 4 is 43.3 Å².